The highest BCUT2D eigenvalue weighted by atomic mass is 14.9. The van der Waals surface area contributed by atoms with Gasteiger partial charge in [-0.05, 0) is 24.6 Å². The predicted octanol–water partition coefficient (Wildman–Crippen LogP) is 4.45. The van der Waals surface area contributed by atoms with Crippen LogP contribution in [0.25, 0.3) is 0 Å². The van der Waals surface area contributed by atoms with E-state index in [9.17, 15) is 0 Å². The zero-order valence-electron chi connectivity index (χ0n) is 12.1. The molecule has 0 fully saturated rings. The van der Waals surface area contributed by atoms with Gasteiger partial charge in [-0.25, -0.2) is 0 Å². The fraction of sp³-hybridized carbons (Fsp3) is 0.333. The lowest BCUT2D eigenvalue weighted by atomic mass is 9.88. The molecule has 1 N–H and O–H groups in total. The molecule has 0 saturated carbocycles. The van der Waals surface area contributed by atoms with Crippen molar-refractivity contribution < 1.29 is 0 Å². The normalized spacial score (nSPS) is 14.1. The van der Waals surface area contributed by atoms with E-state index in [-0.39, 0.29) is 0 Å². The zero-order chi connectivity index (χ0) is 13.7. The smallest absolute Gasteiger partial charge is 0.0386 e. The molecule has 0 spiro atoms. The van der Waals surface area contributed by atoms with E-state index >= 15 is 0 Å². The Morgan fingerprint density at radius 2 is 1.63 bits per heavy atom. The van der Waals surface area contributed by atoms with Crippen LogP contribution < -0.4 is 5.32 Å². The Kier molecular flexibility index (Phi) is 4.75. The Bertz CT molecular complexity index is 504. The lowest BCUT2D eigenvalue weighted by molar-refractivity contribution is 0.479. The van der Waals surface area contributed by atoms with Gasteiger partial charge in [0.1, 0.15) is 0 Å². The Labute approximate surface area is 116 Å². The molecule has 2 aromatic rings. The lowest BCUT2D eigenvalue weighted by Crippen LogP contribution is -2.25. The Morgan fingerprint density at radius 1 is 0.947 bits per heavy atom. The van der Waals surface area contributed by atoms with Gasteiger partial charge in [0.15, 0.2) is 0 Å². The second kappa shape index (κ2) is 6.53. The van der Waals surface area contributed by atoms with Crippen LogP contribution in [0.3, 0.4) is 0 Å². The van der Waals surface area contributed by atoms with Crippen LogP contribution in [0.5, 0.6) is 0 Å². The molecule has 1 nitrogen and oxygen atoms in total. The third-order valence-electron chi connectivity index (χ3n) is 3.65. The fourth-order valence-electron chi connectivity index (χ4n) is 2.62. The van der Waals surface area contributed by atoms with Crippen molar-refractivity contribution in [2.75, 3.05) is 6.54 Å². The molecule has 0 aromatic heterocycles. The summed E-state index contributed by atoms with van der Waals surface area (Å²) >= 11 is 0. The minimum atomic E-state index is 0.368. The van der Waals surface area contributed by atoms with Crippen LogP contribution in [-0.2, 0) is 0 Å². The van der Waals surface area contributed by atoms with Gasteiger partial charge in [0.05, 0.1) is 0 Å². The fourth-order valence-corrected chi connectivity index (χ4v) is 2.62. The summed E-state index contributed by atoms with van der Waals surface area (Å²) in [5, 5.41) is 3.62. The van der Waals surface area contributed by atoms with Gasteiger partial charge < -0.3 is 5.32 Å². The van der Waals surface area contributed by atoms with Crippen molar-refractivity contribution in [2.45, 2.75) is 32.7 Å². The predicted molar refractivity (Wildman–Crippen MR) is 82.5 cm³/mol. The van der Waals surface area contributed by atoms with Crippen molar-refractivity contribution in [3.63, 3.8) is 0 Å². The van der Waals surface area contributed by atoms with Gasteiger partial charge in [0.25, 0.3) is 0 Å². The summed E-state index contributed by atoms with van der Waals surface area (Å²) in [5.41, 5.74) is 4.08. The van der Waals surface area contributed by atoms with Crippen molar-refractivity contribution >= 4 is 0 Å². The molecule has 2 aromatic carbocycles. The summed E-state index contributed by atoms with van der Waals surface area (Å²) in [7, 11) is 0. The molecule has 0 amide bonds. The maximum absolute atomic E-state index is 3.62. The summed E-state index contributed by atoms with van der Waals surface area (Å²) in [4.78, 5) is 0. The molecular formula is C18H23N. The van der Waals surface area contributed by atoms with Gasteiger partial charge in [0.2, 0.25) is 0 Å². The van der Waals surface area contributed by atoms with E-state index in [0.717, 1.165) is 6.54 Å². The summed E-state index contributed by atoms with van der Waals surface area (Å²) in [6.07, 6.45) is 0. The van der Waals surface area contributed by atoms with Crippen LogP contribution in [0.1, 0.15) is 42.5 Å². The molecule has 0 heterocycles. The molecule has 2 rings (SSSR count). The number of rotatable bonds is 5. The maximum Gasteiger partial charge on any atom is 0.0386 e. The van der Waals surface area contributed by atoms with Gasteiger partial charge in [-0.1, -0.05) is 74.0 Å². The van der Waals surface area contributed by atoms with Crippen molar-refractivity contribution in [2.24, 2.45) is 0 Å². The van der Waals surface area contributed by atoms with Gasteiger partial charge >= 0.3 is 0 Å². The minimum Gasteiger partial charge on any atom is -0.310 e. The van der Waals surface area contributed by atoms with Crippen molar-refractivity contribution in [3.8, 4) is 0 Å². The highest BCUT2D eigenvalue weighted by molar-refractivity contribution is 5.30. The molecule has 0 aliphatic heterocycles. The van der Waals surface area contributed by atoms with Crippen LogP contribution in [0, 0.1) is 6.92 Å². The molecule has 0 aliphatic carbocycles. The molecule has 0 radical (unpaired) electrons. The van der Waals surface area contributed by atoms with Crippen LogP contribution >= 0.6 is 0 Å². The average molecular weight is 253 g/mol. The summed E-state index contributed by atoms with van der Waals surface area (Å²) in [6.45, 7) is 7.60. The molecule has 19 heavy (non-hydrogen) atoms. The third kappa shape index (κ3) is 3.45. The maximum atomic E-state index is 3.62. The second-order valence-electron chi connectivity index (χ2n) is 5.15. The van der Waals surface area contributed by atoms with Crippen LogP contribution in [-0.4, -0.2) is 6.54 Å². The van der Waals surface area contributed by atoms with Crippen LogP contribution in [0.15, 0.2) is 54.6 Å². The first-order valence-corrected chi connectivity index (χ1v) is 7.07. The Balaban J connectivity index is 2.30. The molecule has 0 saturated heterocycles. The molecule has 1 heteroatoms. The van der Waals surface area contributed by atoms with Gasteiger partial charge in [0, 0.05) is 12.0 Å². The highest BCUT2D eigenvalue weighted by Gasteiger charge is 2.19. The average Bonchev–Trinajstić information content (AvgIpc) is 2.45. The minimum absolute atomic E-state index is 0.368. The van der Waals surface area contributed by atoms with Crippen molar-refractivity contribution in [1.29, 1.82) is 0 Å². The zero-order valence-corrected chi connectivity index (χ0v) is 12.1. The number of hydrogen-bond acceptors (Lipinski definition) is 1. The number of hydrogen-bond donors (Lipinski definition) is 1. The number of benzene rings is 2. The van der Waals surface area contributed by atoms with Crippen LogP contribution in [0.2, 0.25) is 0 Å². The van der Waals surface area contributed by atoms with E-state index in [4.69, 9.17) is 0 Å². The largest absolute Gasteiger partial charge is 0.310 e. The molecule has 2 unspecified atom stereocenters. The monoisotopic (exact) mass is 253 g/mol. The Hall–Kier alpha value is -1.60. The SMILES string of the molecule is CCNC(c1cccc(C)c1)C(C)c1ccccc1. The van der Waals surface area contributed by atoms with Crippen molar-refractivity contribution in [3.05, 3.63) is 71.3 Å². The van der Waals surface area contributed by atoms with E-state index in [1.807, 2.05) is 0 Å². The standard InChI is InChI=1S/C18H23N/c1-4-19-18(17-12-8-9-14(2)13-17)15(3)16-10-6-5-7-11-16/h5-13,15,18-19H,4H2,1-3H3. The first-order chi connectivity index (χ1) is 9.22. The molecule has 0 bridgehead atoms. The van der Waals surface area contributed by atoms with E-state index in [1.165, 1.54) is 16.7 Å². The number of aryl methyl sites for hydroxylation is 1. The molecular weight excluding hydrogens is 230 g/mol. The van der Waals surface area contributed by atoms with E-state index in [1.54, 1.807) is 0 Å². The summed E-state index contributed by atoms with van der Waals surface area (Å²) < 4.78 is 0. The van der Waals surface area contributed by atoms with Gasteiger partial charge in [-0.15, -0.1) is 0 Å². The lowest BCUT2D eigenvalue weighted by Gasteiger charge is -2.26. The third-order valence-corrected chi connectivity index (χ3v) is 3.65. The van der Waals surface area contributed by atoms with E-state index in [0.29, 0.717) is 12.0 Å². The summed E-state index contributed by atoms with van der Waals surface area (Å²) in [5.74, 6) is 0.461. The van der Waals surface area contributed by atoms with Crippen molar-refractivity contribution in [1.82, 2.24) is 5.32 Å². The van der Waals surface area contributed by atoms with E-state index < -0.39 is 0 Å². The van der Waals surface area contributed by atoms with Gasteiger partial charge in [-0.2, -0.15) is 0 Å². The second-order valence-corrected chi connectivity index (χ2v) is 5.15. The number of likely N-dealkylation sites (N-methyl/N-ethyl adjacent to an activating group) is 1. The first kappa shape index (κ1) is 13.8. The quantitative estimate of drug-likeness (QED) is 0.830. The number of nitrogens with one attached hydrogen (secondary N) is 1. The molecule has 2 atom stereocenters. The van der Waals surface area contributed by atoms with Gasteiger partial charge in [-0.3, -0.25) is 0 Å². The topological polar surface area (TPSA) is 12.0 Å². The molecule has 100 valence electrons. The molecule has 0 aliphatic rings. The van der Waals surface area contributed by atoms with Crippen LogP contribution in [0.4, 0.5) is 0 Å². The summed E-state index contributed by atoms with van der Waals surface area (Å²) in [6, 6.07) is 19.9. The Morgan fingerprint density at radius 3 is 2.26 bits per heavy atom. The highest BCUT2D eigenvalue weighted by Crippen LogP contribution is 2.30. The first-order valence-electron chi connectivity index (χ1n) is 7.07. The van der Waals surface area contributed by atoms with E-state index in [2.05, 4.69) is 80.7 Å².